The SMILES string of the molecule is COc1ccc(-c2cc(C(C)=O)c(=O)[nH]n2)c(OC)c1. The Morgan fingerprint density at radius 3 is 2.55 bits per heavy atom. The van der Waals surface area contributed by atoms with E-state index in [1.54, 1.807) is 25.3 Å². The molecule has 0 aliphatic carbocycles. The van der Waals surface area contributed by atoms with E-state index in [2.05, 4.69) is 10.2 Å². The zero-order chi connectivity index (χ0) is 14.7. The minimum absolute atomic E-state index is 0.0628. The largest absolute Gasteiger partial charge is 0.497 e. The van der Waals surface area contributed by atoms with Crippen molar-refractivity contribution < 1.29 is 14.3 Å². The van der Waals surface area contributed by atoms with Gasteiger partial charge >= 0.3 is 0 Å². The van der Waals surface area contributed by atoms with Gasteiger partial charge in [-0.25, -0.2) is 5.10 Å². The van der Waals surface area contributed by atoms with Crippen molar-refractivity contribution in [1.29, 1.82) is 0 Å². The average molecular weight is 274 g/mol. The number of aromatic amines is 1. The first-order valence-electron chi connectivity index (χ1n) is 5.90. The van der Waals surface area contributed by atoms with Gasteiger partial charge in [0.15, 0.2) is 5.78 Å². The van der Waals surface area contributed by atoms with Crippen LogP contribution in [0.3, 0.4) is 0 Å². The van der Waals surface area contributed by atoms with E-state index in [1.165, 1.54) is 20.1 Å². The number of nitrogens with one attached hydrogen (secondary N) is 1. The molecule has 6 nitrogen and oxygen atoms in total. The summed E-state index contributed by atoms with van der Waals surface area (Å²) >= 11 is 0. The minimum Gasteiger partial charge on any atom is -0.497 e. The fourth-order valence-corrected chi connectivity index (χ4v) is 1.82. The highest BCUT2D eigenvalue weighted by Gasteiger charge is 2.13. The summed E-state index contributed by atoms with van der Waals surface area (Å²) in [6.07, 6.45) is 0. The zero-order valence-electron chi connectivity index (χ0n) is 11.4. The molecule has 0 unspecified atom stereocenters. The molecule has 1 aromatic heterocycles. The van der Waals surface area contributed by atoms with Gasteiger partial charge in [0.05, 0.1) is 25.5 Å². The van der Waals surface area contributed by atoms with Crippen LogP contribution in [0, 0.1) is 0 Å². The van der Waals surface area contributed by atoms with E-state index in [-0.39, 0.29) is 11.3 Å². The number of carbonyl (C=O) groups is 1. The lowest BCUT2D eigenvalue weighted by atomic mass is 10.1. The molecule has 0 radical (unpaired) electrons. The third kappa shape index (κ3) is 2.54. The molecule has 0 aliphatic rings. The molecule has 0 saturated heterocycles. The molecule has 2 rings (SSSR count). The molecule has 104 valence electrons. The lowest BCUT2D eigenvalue weighted by Gasteiger charge is -2.10. The van der Waals surface area contributed by atoms with Crippen molar-refractivity contribution in [2.24, 2.45) is 0 Å². The Morgan fingerprint density at radius 2 is 1.95 bits per heavy atom. The number of rotatable bonds is 4. The highest BCUT2D eigenvalue weighted by molar-refractivity contribution is 5.94. The summed E-state index contributed by atoms with van der Waals surface area (Å²) in [5.74, 6) is 0.864. The molecule has 0 bridgehead atoms. The molecule has 1 heterocycles. The van der Waals surface area contributed by atoms with Crippen LogP contribution in [-0.2, 0) is 0 Å². The Labute approximate surface area is 115 Å². The summed E-state index contributed by atoms with van der Waals surface area (Å²) in [5.41, 5.74) is 0.669. The maximum absolute atomic E-state index is 11.5. The number of nitrogens with zero attached hydrogens (tertiary/aromatic N) is 1. The summed E-state index contributed by atoms with van der Waals surface area (Å²) in [7, 11) is 3.08. The van der Waals surface area contributed by atoms with E-state index in [4.69, 9.17) is 9.47 Å². The number of ether oxygens (including phenoxy) is 2. The van der Waals surface area contributed by atoms with Crippen molar-refractivity contribution in [3.63, 3.8) is 0 Å². The first kappa shape index (κ1) is 13.8. The van der Waals surface area contributed by atoms with Crippen molar-refractivity contribution >= 4 is 5.78 Å². The van der Waals surface area contributed by atoms with Crippen LogP contribution in [0.5, 0.6) is 11.5 Å². The number of aromatic nitrogens is 2. The van der Waals surface area contributed by atoms with Crippen LogP contribution in [-0.4, -0.2) is 30.2 Å². The maximum atomic E-state index is 11.5. The highest BCUT2D eigenvalue weighted by atomic mass is 16.5. The van der Waals surface area contributed by atoms with Crippen LogP contribution in [0.25, 0.3) is 11.3 Å². The van der Waals surface area contributed by atoms with Gasteiger partial charge in [-0.15, -0.1) is 0 Å². The molecule has 0 fully saturated rings. The van der Waals surface area contributed by atoms with Crippen LogP contribution >= 0.6 is 0 Å². The van der Waals surface area contributed by atoms with E-state index >= 15 is 0 Å². The van der Waals surface area contributed by atoms with Gasteiger partial charge in [-0.2, -0.15) is 5.10 Å². The normalized spacial score (nSPS) is 10.2. The van der Waals surface area contributed by atoms with Crippen LogP contribution in [0.2, 0.25) is 0 Å². The molecular formula is C14H14N2O4. The molecule has 0 aliphatic heterocycles. The van der Waals surface area contributed by atoms with Gasteiger partial charge < -0.3 is 9.47 Å². The van der Waals surface area contributed by atoms with Crippen molar-refractivity contribution in [1.82, 2.24) is 10.2 Å². The van der Waals surface area contributed by atoms with E-state index in [9.17, 15) is 9.59 Å². The Hall–Kier alpha value is -2.63. The number of hydrogen-bond donors (Lipinski definition) is 1. The van der Waals surface area contributed by atoms with Crippen molar-refractivity contribution in [2.45, 2.75) is 6.92 Å². The number of methoxy groups -OCH3 is 2. The number of ketones is 1. The van der Waals surface area contributed by atoms with Gasteiger partial charge in [-0.3, -0.25) is 9.59 Å². The Morgan fingerprint density at radius 1 is 1.20 bits per heavy atom. The van der Waals surface area contributed by atoms with Crippen molar-refractivity contribution in [3.05, 3.63) is 40.2 Å². The average Bonchev–Trinajstić information content (AvgIpc) is 2.46. The monoisotopic (exact) mass is 274 g/mol. The number of Topliss-reactive ketones (excluding diaryl/α,β-unsaturated/α-hetero) is 1. The maximum Gasteiger partial charge on any atom is 0.275 e. The van der Waals surface area contributed by atoms with Crippen molar-refractivity contribution in [3.8, 4) is 22.8 Å². The molecule has 1 aromatic carbocycles. The third-order valence-corrected chi connectivity index (χ3v) is 2.87. The summed E-state index contributed by atoms with van der Waals surface area (Å²) in [4.78, 5) is 22.9. The predicted octanol–water partition coefficient (Wildman–Crippen LogP) is 1.66. The molecule has 1 N–H and O–H groups in total. The Balaban J connectivity index is 2.59. The second kappa shape index (κ2) is 5.56. The van der Waals surface area contributed by atoms with Gasteiger partial charge in [-0.1, -0.05) is 0 Å². The Bertz CT molecular complexity index is 707. The third-order valence-electron chi connectivity index (χ3n) is 2.87. The van der Waals surface area contributed by atoms with Gasteiger partial charge in [0.2, 0.25) is 0 Å². The lowest BCUT2D eigenvalue weighted by molar-refractivity contribution is 0.101. The first-order chi connectivity index (χ1) is 9.56. The van der Waals surface area contributed by atoms with Gasteiger partial charge in [-0.05, 0) is 25.1 Å². The molecule has 0 atom stereocenters. The summed E-state index contributed by atoms with van der Waals surface area (Å²) in [6, 6.07) is 6.65. The smallest absolute Gasteiger partial charge is 0.275 e. The molecule has 0 spiro atoms. The molecule has 0 saturated carbocycles. The zero-order valence-corrected chi connectivity index (χ0v) is 11.4. The van der Waals surface area contributed by atoms with E-state index in [0.717, 1.165) is 0 Å². The highest BCUT2D eigenvalue weighted by Crippen LogP contribution is 2.31. The molecular weight excluding hydrogens is 260 g/mol. The van der Waals surface area contributed by atoms with E-state index < -0.39 is 5.56 Å². The van der Waals surface area contributed by atoms with Crippen LogP contribution in [0.1, 0.15) is 17.3 Å². The van der Waals surface area contributed by atoms with Crippen LogP contribution in [0.15, 0.2) is 29.1 Å². The van der Waals surface area contributed by atoms with E-state index in [0.29, 0.717) is 22.8 Å². The number of H-pyrrole nitrogens is 1. The summed E-state index contributed by atoms with van der Waals surface area (Å²) in [6.45, 7) is 1.33. The summed E-state index contributed by atoms with van der Waals surface area (Å²) < 4.78 is 10.4. The van der Waals surface area contributed by atoms with Crippen LogP contribution in [0.4, 0.5) is 0 Å². The van der Waals surface area contributed by atoms with Gasteiger partial charge in [0.1, 0.15) is 11.5 Å². The first-order valence-corrected chi connectivity index (χ1v) is 5.90. The van der Waals surface area contributed by atoms with Gasteiger partial charge in [0.25, 0.3) is 5.56 Å². The van der Waals surface area contributed by atoms with Gasteiger partial charge in [0, 0.05) is 11.6 Å². The van der Waals surface area contributed by atoms with Crippen LogP contribution < -0.4 is 15.0 Å². The minimum atomic E-state index is -0.506. The second-order valence-electron chi connectivity index (χ2n) is 4.12. The fraction of sp³-hybridized carbons (Fsp3) is 0.214. The quantitative estimate of drug-likeness (QED) is 0.857. The number of benzene rings is 1. The number of carbonyl (C=O) groups excluding carboxylic acids is 1. The Kier molecular flexibility index (Phi) is 3.84. The molecule has 6 heteroatoms. The summed E-state index contributed by atoms with van der Waals surface area (Å²) in [5, 5.41) is 6.26. The topological polar surface area (TPSA) is 81.3 Å². The fourth-order valence-electron chi connectivity index (χ4n) is 1.82. The molecule has 2 aromatic rings. The predicted molar refractivity (Wildman–Crippen MR) is 73.4 cm³/mol. The standard InChI is InChI=1S/C14H14N2O4/c1-8(17)11-7-12(15-16-14(11)18)10-5-4-9(19-2)6-13(10)20-3/h4-7H,1-3H3,(H,16,18). The second-order valence-corrected chi connectivity index (χ2v) is 4.12. The lowest BCUT2D eigenvalue weighted by Crippen LogP contribution is -2.17. The number of hydrogen-bond acceptors (Lipinski definition) is 5. The molecule has 20 heavy (non-hydrogen) atoms. The molecule has 0 amide bonds. The van der Waals surface area contributed by atoms with Crippen molar-refractivity contribution in [2.75, 3.05) is 14.2 Å². The van der Waals surface area contributed by atoms with E-state index in [1.807, 2.05) is 0 Å².